The summed E-state index contributed by atoms with van der Waals surface area (Å²) in [7, 11) is 0. The molecule has 1 aromatic carbocycles. The van der Waals surface area contributed by atoms with Gasteiger partial charge in [-0.1, -0.05) is 0 Å². The summed E-state index contributed by atoms with van der Waals surface area (Å²) in [5, 5.41) is 4.81. The second-order valence-corrected chi connectivity index (χ2v) is 6.12. The van der Waals surface area contributed by atoms with Crippen LogP contribution in [0.3, 0.4) is 0 Å². The Kier molecular flexibility index (Phi) is 4.75. The highest BCUT2D eigenvalue weighted by molar-refractivity contribution is 5.98. The van der Waals surface area contributed by atoms with Crippen molar-refractivity contribution in [1.29, 1.82) is 0 Å². The lowest BCUT2D eigenvalue weighted by molar-refractivity contribution is 0.0526. The number of carbonyl (C=O) groups excluding carboxylic acids is 1. The maximum Gasteiger partial charge on any atom is 0.342 e. The number of nitrogens with one attached hydrogen (secondary N) is 2. The lowest BCUT2D eigenvalue weighted by Crippen LogP contribution is -2.12. The lowest BCUT2D eigenvalue weighted by Gasteiger charge is -2.16. The summed E-state index contributed by atoms with van der Waals surface area (Å²) in [5.74, 6) is -0.408. The third-order valence-electron chi connectivity index (χ3n) is 4.30. The van der Waals surface area contributed by atoms with Crippen molar-refractivity contribution in [2.24, 2.45) is 0 Å². The normalized spacial score (nSPS) is 10.8. The van der Waals surface area contributed by atoms with Crippen LogP contribution in [0.1, 0.15) is 34.2 Å². The predicted molar refractivity (Wildman–Crippen MR) is 102 cm³/mol. The van der Waals surface area contributed by atoms with Crippen LogP contribution in [0.2, 0.25) is 0 Å². The fraction of sp³-hybridized carbons (Fsp3) is 0.250. The van der Waals surface area contributed by atoms with Crippen LogP contribution in [0, 0.1) is 20.8 Å². The van der Waals surface area contributed by atoms with E-state index in [1.165, 1.54) is 0 Å². The number of fused-ring (bicyclic) bond motifs is 1. The number of ether oxygens (including phenoxy) is 1. The minimum atomic E-state index is -0.408. The molecule has 0 saturated carbocycles. The Balaban J connectivity index is 2.12. The first-order chi connectivity index (χ1) is 12.4. The van der Waals surface area contributed by atoms with E-state index in [9.17, 15) is 9.59 Å². The topological polar surface area (TPSA) is 84.1 Å². The number of hydrogen-bond donors (Lipinski definition) is 2. The van der Waals surface area contributed by atoms with Crippen LogP contribution in [-0.2, 0) is 4.74 Å². The summed E-state index contributed by atoms with van der Waals surface area (Å²) < 4.78 is 5.18. The predicted octanol–water partition coefficient (Wildman–Crippen LogP) is 3.77. The molecule has 2 heterocycles. The van der Waals surface area contributed by atoms with Crippen molar-refractivity contribution in [1.82, 2.24) is 9.97 Å². The smallest absolute Gasteiger partial charge is 0.342 e. The Morgan fingerprint density at radius 3 is 2.65 bits per heavy atom. The van der Waals surface area contributed by atoms with E-state index in [2.05, 4.69) is 15.3 Å². The molecule has 26 heavy (non-hydrogen) atoms. The molecule has 0 bridgehead atoms. The zero-order chi connectivity index (χ0) is 18.8. The molecule has 3 aromatic rings. The third kappa shape index (κ3) is 3.18. The first-order valence-corrected chi connectivity index (χ1v) is 8.45. The fourth-order valence-electron chi connectivity index (χ4n) is 3.09. The quantitative estimate of drug-likeness (QED) is 0.699. The van der Waals surface area contributed by atoms with E-state index < -0.39 is 5.97 Å². The third-order valence-corrected chi connectivity index (χ3v) is 4.30. The summed E-state index contributed by atoms with van der Waals surface area (Å²) in [6, 6.07) is 7.30. The minimum absolute atomic E-state index is 0.125. The molecule has 0 amide bonds. The summed E-state index contributed by atoms with van der Waals surface area (Å²) >= 11 is 0. The molecular weight excluding hydrogens is 330 g/mol. The Morgan fingerprint density at radius 2 is 1.92 bits per heavy atom. The molecule has 0 aliphatic heterocycles. The number of aromatic amines is 1. The van der Waals surface area contributed by atoms with Crippen LogP contribution < -0.4 is 10.9 Å². The highest BCUT2D eigenvalue weighted by Gasteiger charge is 2.18. The van der Waals surface area contributed by atoms with Gasteiger partial charge in [0.15, 0.2) is 0 Å². The van der Waals surface area contributed by atoms with Crippen molar-refractivity contribution in [3.8, 4) is 0 Å². The van der Waals surface area contributed by atoms with Gasteiger partial charge in [0, 0.05) is 23.0 Å². The average molecular weight is 351 g/mol. The van der Waals surface area contributed by atoms with E-state index in [1.54, 1.807) is 26.1 Å². The Morgan fingerprint density at radius 1 is 1.15 bits per heavy atom. The molecule has 6 nitrogen and oxygen atoms in total. The van der Waals surface area contributed by atoms with Gasteiger partial charge in [-0.2, -0.15) is 0 Å². The Labute approximate surface area is 151 Å². The molecule has 0 aliphatic carbocycles. The van der Waals surface area contributed by atoms with Crippen LogP contribution in [0.5, 0.6) is 0 Å². The van der Waals surface area contributed by atoms with Crippen LogP contribution in [0.25, 0.3) is 10.8 Å². The van der Waals surface area contributed by atoms with Gasteiger partial charge in [0.2, 0.25) is 0 Å². The van der Waals surface area contributed by atoms with Gasteiger partial charge in [0.05, 0.1) is 18.0 Å². The number of pyridine rings is 2. The van der Waals surface area contributed by atoms with E-state index in [0.717, 1.165) is 22.3 Å². The molecule has 6 heteroatoms. The zero-order valence-electron chi connectivity index (χ0n) is 15.3. The Hall–Kier alpha value is -3.15. The molecule has 2 aromatic heterocycles. The molecule has 0 unspecified atom stereocenters. The van der Waals surface area contributed by atoms with Crippen molar-refractivity contribution < 1.29 is 9.53 Å². The van der Waals surface area contributed by atoms with Crippen LogP contribution in [0.4, 0.5) is 11.4 Å². The highest BCUT2D eigenvalue weighted by Crippen LogP contribution is 2.29. The fourth-order valence-corrected chi connectivity index (χ4v) is 3.09. The lowest BCUT2D eigenvalue weighted by atomic mass is 10.0. The second-order valence-electron chi connectivity index (χ2n) is 6.12. The van der Waals surface area contributed by atoms with Gasteiger partial charge in [0.1, 0.15) is 5.56 Å². The van der Waals surface area contributed by atoms with Gasteiger partial charge in [0.25, 0.3) is 5.56 Å². The molecular formula is C20H21N3O3. The van der Waals surface area contributed by atoms with E-state index in [1.807, 2.05) is 32.0 Å². The van der Waals surface area contributed by atoms with Gasteiger partial charge in [-0.3, -0.25) is 9.78 Å². The van der Waals surface area contributed by atoms with Crippen LogP contribution in [0.15, 0.2) is 35.3 Å². The largest absolute Gasteiger partial charge is 0.462 e. The summed E-state index contributed by atoms with van der Waals surface area (Å²) in [6.07, 6.45) is 1.63. The zero-order valence-corrected chi connectivity index (χ0v) is 15.3. The van der Waals surface area contributed by atoms with E-state index in [-0.39, 0.29) is 5.56 Å². The number of benzene rings is 1. The van der Waals surface area contributed by atoms with Crippen molar-refractivity contribution in [2.45, 2.75) is 27.7 Å². The number of nitrogens with zero attached hydrogens (tertiary/aromatic N) is 1. The second kappa shape index (κ2) is 7.00. The highest BCUT2D eigenvalue weighted by atomic mass is 16.5. The first-order valence-electron chi connectivity index (χ1n) is 8.45. The molecule has 0 radical (unpaired) electrons. The monoisotopic (exact) mass is 351 g/mol. The Bertz CT molecular complexity index is 1050. The number of hydrogen-bond acceptors (Lipinski definition) is 5. The van der Waals surface area contributed by atoms with E-state index in [4.69, 9.17) is 4.74 Å². The van der Waals surface area contributed by atoms with Crippen molar-refractivity contribution >= 4 is 28.1 Å². The standard InChI is InChI=1S/C20H21N3O3/c1-5-26-20(25)18-13(4)22-11(2)10-17(18)23-16-7-6-15-14(12(16)3)8-9-21-19(15)24/h6-10H,5H2,1-4H3,(H,21,24)(H,22,23). The molecule has 0 saturated heterocycles. The van der Waals surface area contributed by atoms with Crippen LogP contribution in [-0.4, -0.2) is 22.5 Å². The first kappa shape index (κ1) is 17.7. The molecule has 3 rings (SSSR count). The molecule has 0 spiro atoms. The van der Waals surface area contributed by atoms with Gasteiger partial charge in [-0.25, -0.2) is 4.79 Å². The number of aromatic nitrogens is 2. The van der Waals surface area contributed by atoms with Crippen LogP contribution >= 0.6 is 0 Å². The molecule has 134 valence electrons. The van der Waals surface area contributed by atoms with Crippen molar-refractivity contribution in [3.05, 3.63) is 63.3 Å². The number of aryl methyl sites for hydroxylation is 3. The molecule has 0 aliphatic rings. The minimum Gasteiger partial charge on any atom is -0.462 e. The van der Waals surface area contributed by atoms with E-state index in [0.29, 0.717) is 28.9 Å². The van der Waals surface area contributed by atoms with Crippen molar-refractivity contribution in [2.75, 3.05) is 11.9 Å². The van der Waals surface area contributed by atoms with Crippen molar-refractivity contribution in [3.63, 3.8) is 0 Å². The number of H-pyrrole nitrogens is 1. The van der Waals surface area contributed by atoms with Gasteiger partial charge >= 0.3 is 5.97 Å². The summed E-state index contributed by atoms with van der Waals surface area (Å²) in [5.41, 5.74) is 4.09. The van der Waals surface area contributed by atoms with Gasteiger partial charge < -0.3 is 15.0 Å². The van der Waals surface area contributed by atoms with Gasteiger partial charge in [-0.15, -0.1) is 0 Å². The molecule has 0 atom stereocenters. The average Bonchev–Trinajstić information content (AvgIpc) is 2.57. The summed E-state index contributed by atoms with van der Waals surface area (Å²) in [4.78, 5) is 31.4. The molecule has 2 N–H and O–H groups in total. The number of rotatable bonds is 4. The number of anilines is 2. The maximum absolute atomic E-state index is 12.4. The van der Waals surface area contributed by atoms with Gasteiger partial charge in [-0.05, 0) is 62.9 Å². The van der Waals surface area contributed by atoms with E-state index >= 15 is 0 Å². The maximum atomic E-state index is 12.4. The summed E-state index contributed by atoms with van der Waals surface area (Å²) in [6.45, 7) is 7.67. The number of esters is 1. The SMILES string of the molecule is CCOC(=O)c1c(Nc2ccc3c(=O)[nH]ccc3c2C)cc(C)nc1C. The number of carbonyl (C=O) groups is 1. The molecule has 0 fully saturated rings.